The first kappa shape index (κ1) is 26.5. The minimum absolute atomic E-state index is 0.00550. The average Bonchev–Trinajstić information content (AvgIpc) is 3.54. The van der Waals surface area contributed by atoms with Gasteiger partial charge in [-0.05, 0) is 53.6 Å². The van der Waals surface area contributed by atoms with Gasteiger partial charge in [0.1, 0.15) is 0 Å². The highest BCUT2D eigenvalue weighted by atomic mass is 32.2. The lowest BCUT2D eigenvalue weighted by Gasteiger charge is -2.11. The molecule has 0 saturated heterocycles. The highest BCUT2D eigenvalue weighted by Crippen LogP contribution is 2.38. The molecule has 3 aromatic carbocycles. The van der Waals surface area contributed by atoms with Crippen LogP contribution in [-0.2, 0) is 24.2 Å². The molecule has 7 nitrogen and oxygen atoms in total. The van der Waals surface area contributed by atoms with Gasteiger partial charge >= 0.3 is 5.97 Å². The Morgan fingerprint density at radius 3 is 2.42 bits per heavy atom. The van der Waals surface area contributed by atoms with Crippen molar-refractivity contribution in [3.05, 3.63) is 107 Å². The van der Waals surface area contributed by atoms with Gasteiger partial charge in [0.05, 0.1) is 22.7 Å². The van der Waals surface area contributed by atoms with Crippen LogP contribution < -0.4 is 5.14 Å². The van der Waals surface area contributed by atoms with E-state index in [2.05, 4.69) is 35.3 Å². The minimum atomic E-state index is -1.54. The van der Waals surface area contributed by atoms with Gasteiger partial charge in [-0.3, -0.25) is 0 Å². The quantitative estimate of drug-likeness (QED) is 0.192. The van der Waals surface area contributed by atoms with E-state index in [0.29, 0.717) is 16.4 Å². The lowest BCUT2D eigenvalue weighted by molar-refractivity contribution is 0.0691. The third kappa shape index (κ3) is 5.73. The van der Waals surface area contributed by atoms with Gasteiger partial charge in [0.15, 0.2) is 10.6 Å². The van der Waals surface area contributed by atoms with Crippen LogP contribution >= 0.6 is 11.3 Å². The summed E-state index contributed by atoms with van der Waals surface area (Å²) in [6, 6.07) is 26.1. The number of nitrogens with two attached hydrogens (primary N) is 1. The zero-order valence-corrected chi connectivity index (χ0v) is 23.3. The van der Waals surface area contributed by atoms with E-state index in [1.54, 1.807) is 17.5 Å². The molecule has 2 heterocycles. The van der Waals surface area contributed by atoms with E-state index in [0.717, 1.165) is 58.0 Å². The van der Waals surface area contributed by atoms with E-state index in [9.17, 15) is 14.5 Å². The molecule has 1 aliphatic carbocycles. The van der Waals surface area contributed by atoms with Crippen molar-refractivity contribution in [1.82, 2.24) is 14.8 Å². The van der Waals surface area contributed by atoms with Crippen molar-refractivity contribution in [2.24, 2.45) is 11.1 Å². The van der Waals surface area contributed by atoms with Gasteiger partial charge in [-0.2, -0.15) is 5.10 Å². The molecular formula is C31H28N4O3S2. The Kier molecular flexibility index (Phi) is 7.53. The number of hydrogen-bond donors (Lipinski definition) is 2. The Balaban J connectivity index is 1.51. The van der Waals surface area contributed by atoms with E-state index >= 15 is 0 Å². The Labute approximate surface area is 239 Å². The molecule has 1 saturated carbocycles. The number of aromatic nitrogens is 3. The first-order valence-electron chi connectivity index (χ1n) is 13.2. The first-order valence-corrected chi connectivity index (χ1v) is 15.3. The number of thiazole rings is 1. The average molecular weight is 569 g/mol. The minimum Gasteiger partial charge on any atom is -0.593 e. The summed E-state index contributed by atoms with van der Waals surface area (Å²) >= 11 is -0.267. The topological polar surface area (TPSA) is 117 Å². The fourth-order valence-corrected chi connectivity index (χ4v) is 6.10. The van der Waals surface area contributed by atoms with Crippen molar-refractivity contribution in [2.75, 3.05) is 0 Å². The standard InChI is InChI=1S/C31H28N4O3S2/c32-40(38)25-14-11-21(12-15-25)17-26-27(16-13-20-9-10-20)34-35(31-33-28(19-39-31)30(36)37)29(26)24-8-4-7-23(18-24)22-5-2-1-3-6-22/h1-8,11-12,14-15,18-20H,9-10,13,16-17,32H2,(H,36,37). The van der Waals surface area contributed by atoms with Gasteiger partial charge in [-0.1, -0.05) is 73.5 Å². The zero-order valence-electron chi connectivity index (χ0n) is 21.7. The number of nitrogens with zero attached hydrogens (tertiary/aromatic N) is 3. The molecule has 6 rings (SSSR count). The van der Waals surface area contributed by atoms with Crippen LogP contribution in [0.1, 0.15) is 46.6 Å². The summed E-state index contributed by atoms with van der Waals surface area (Å²) < 4.78 is 13.6. The largest absolute Gasteiger partial charge is 0.593 e. The maximum Gasteiger partial charge on any atom is 0.355 e. The van der Waals surface area contributed by atoms with Crippen molar-refractivity contribution in [3.63, 3.8) is 0 Å². The zero-order chi connectivity index (χ0) is 27.6. The van der Waals surface area contributed by atoms with E-state index in [4.69, 9.17) is 10.2 Å². The summed E-state index contributed by atoms with van der Waals surface area (Å²) in [5.41, 5.74) is 7.20. The molecule has 1 aliphatic rings. The third-order valence-electron chi connectivity index (χ3n) is 7.23. The van der Waals surface area contributed by atoms with Crippen LogP contribution in [0.15, 0.2) is 89.1 Å². The van der Waals surface area contributed by atoms with Crippen LogP contribution in [0.4, 0.5) is 0 Å². The van der Waals surface area contributed by atoms with Gasteiger partial charge in [0.25, 0.3) is 0 Å². The summed E-state index contributed by atoms with van der Waals surface area (Å²) in [5.74, 6) is -0.325. The van der Waals surface area contributed by atoms with Crippen LogP contribution in [0.3, 0.4) is 0 Å². The molecule has 0 bridgehead atoms. The van der Waals surface area contributed by atoms with Crippen molar-refractivity contribution in [1.29, 1.82) is 0 Å². The summed E-state index contributed by atoms with van der Waals surface area (Å²) in [7, 11) is 0. The predicted octanol–water partition coefficient (Wildman–Crippen LogP) is 6.28. The van der Waals surface area contributed by atoms with Crippen LogP contribution in [-0.4, -0.2) is 30.4 Å². The number of rotatable bonds is 10. The maximum absolute atomic E-state index is 11.8. The number of carboxylic acid groups (broad SMARTS) is 1. The van der Waals surface area contributed by atoms with Crippen LogP contribution in [0.2, 0.25) is 0 Å². The monoisotopic (exact) mass is 568 g/mol. The molecule has 3 N–H and O–H groups in total. The molecule has 1 unspecified atom stereocenters. The molecule has 0 spiro atoms. The van der Waals surface area contributed by atoms with E-state index in [-0.39, 0.29) is 5.69 Å². The van der Waals surface area contributed by atoms with Crippen molar-refractivity contribution < 1.29 is 14.5 Å². The predicted molar refractivity (Wildman–Crippen MR) is 158 cm³/mol. The number of hydrogen-bond acceptors (Lipinski definition) is 6. The summed E-state index contributed by atoms with van der Waals surface area (Å²) in [5, 5.41) is 22.3. The molecule has 0 aliphatic heterocycles. The number of aryl methyl sites for hydroxylation is 1. The van der Waals surface area contributed by atoms with Gasteiger partial charge in [0.2, 0.25) is 5.13 Å². The molecule has 0 radical (unpaired) electrons. The number of aromatic carboxylic acids is 1. The molecule has 1 fully saturated rings. The summed E-state index contributed by atoms with van der Waals surface area (Å²) in [6.45, 7) is 0. The lowest BCUT2D eigenvalue weighted by atomic mass is 9.95. The third-order valence-corrected chi connectivity index (χ3v) is 8.78. The lowest BCUT2D eigenvalue weighted by Crippen LogP contribution is -2.12. The fourth-order valence-electron chi connectivity index (χ4n) is 4.95. The SMILES string of the molecule is N[S+]([O-])c1ccc(Cc2c(CCC3CC3)nn(-c3nc(C(=O)O)cs3)c2-c2cccc(-c3ccccc3)c2)cc1. The molecule has 9 heteroatoms. The van der Waals surface area contributed by atoms with E-state index in [1.165, 1.54) is 24.2 Å². The number of carboxylic acids is 1. The van der Waals surface area contributed by atoms with Crippen LogP contribution in [0, 0.1) is 5.92 Å². The second kappa shape index (κ2) is 11.4. The fraction of sp³-hybridized carbons (Fsp3) is 0.194. The second-order valence-electron chi connectivity index (χ2n) is 10.1. The van der Waals surface area contributed by atoms with Crippen molar-refractivity contribution >= 4 is 28.7 Å². The molecule has 2 aromatic heterocycles. The number of benzene rings is 3. The second-order valence-corrected chi connectivity index (χ2v) is 12.0. The van der Waals surface area contributed by atoms with E-state index < -0.39 is 17.3 Å². The van der Waals surface area contributed by atoms with E-state index in [1.807, 2.05) is 41.1 Å². The molecule has 0 amide bonds. The Hall–Kier alpha value is -3.76. The molecular weight excluding hydrogens is 541 g/mol. The van der Waals surface area contributed by atoms with Gasteiger partial charge in [0, 0.05) is 22.9 Å². The van der Waals surface area contributed by atoms with Gasteiger partial charge in [-0.25, -0.2) is 14.5 Å². The highest BCUT2D eigenvalue weighted by molar-refractivity contribution is 7.89. The maximum atomic E-state index is 11.8. The molecule has 40 heavy (non-hydrogen) atoms. The molecule has 202 valence electrons. The van der Waals surface area contributed by atoms with Crippen LogP contribution in [0.25, 0.3) is 27.5 Å². The smallest absolute Gasteiger partial charge is 0.355 e. The Morgan fingerprint density at radius 2 is 1.75 bits per heavy atom. The molecule has 5 aromatic rings. The Bertz CT molecular complexity index is 1640. The normalized spacial score (nSPS) is 13.8. The summed E-state index contributed by atoms with van der Waals surface area (Å²) in [6.07, 6.45) is 5.03. The molecule has 1 atom stereocenters. The van der Waals surface area contributed by atoms with Gasteiger partial charge < -0.3 is 9.66 Å². The Morgan fingerprint density at radius 1 is 1.02 bits per heavy atom. The van der Waals surface area contributed by atoms with Crippen molar-refractivity contribution in [3.8, 4) is 27.5 Å². The van der Waals surface area contributed by atoms with Crippen molar-refractivity contribution in [2.45, 2.75) is 37.0 Å². The number of carbonyl (C=O) groups is 1. The highest BCUT2D eigenvalue weighted by Gasteiger charge is 2.26. The van der Waals surface area contributed by atoms with Crippen LogP contribution in [0.5, 0.6) is 0 Å². The van der Waals surface area contributed by atoms with Gasteiger partial charge in [-0.15, -0.1) is 16.5 Å². The summed E-state index contributed by atoms with van der Waals surface area (Å²) in [4.78, 5) is 16.7. The first-order chi connectivity index (χ1) is 19.5.